The number of fused-ring (bicyclic) bond motifs is 2. The molecule has 1 saturated carbocycles. The Morgan fingerprint density at radius 2 is 1.97 bits per heavy atom. The molecule has 7 nitrogen and oxygen atoms in total. The van der Waals surface area contributed by atoms with Crippen LogP contribution in [0.2, 0.25) is 0 Å². The van der Waals surface area contributed by atoms with Crippen LogP contribution in [0, 0.1) is 5.92 Å². The van der Waals surface area contributed by atoms with E-state index in [0.717, 1.165) is 43.6 Å². The maximum Gasteiger partial charge on any atom is 0.271 e. The Kier molecular flexibility index (Phi) is 5.15. The summed E-state index contributed by atoms with van der Waals surface area (Å²) < 4.78 is 10.8. The van der Waals surface area contributed by atoms with Gasteiger partial charge < -0.3 is 19.9 Å². The van der Waals surface area contributed by atoms with Gasteiger partial charge in [0.25, 0.3) is 5.56 Å². The zero-order chi connectivity index (χ0) is 20.5. The molecule has 0 amide bonds. The van der Waals surface area contributed by atoms with Crippen molar-refractivity contribution in [2.24, 2.45) is 11.7 Å². The number of anilines is 1. The molecule has 1 atom stereocenters. The lowest BCUT2D eigenvalue weighted by molar-refractivity contribution is 0.348. The second-order valence-electron chi connectivity index (χ2n) is 8.91. The Labute approximate surface area is 184 Å². The number of nitrogens with zero attached hydrogens (tertiary/aromatic N) is 2. The Balaban J connectivity index is 0.00000218. The first-order valence-electron chi connectivity index (χ1n) is 10.1. The molecule has 1 aliphatic heterocycles. The van der Waals surface area contributed by atoms with Crippen molar-refractivity contribution in [3.8, 4) is 5.75 Å². The number of rotatable bonds is 4. The highest BCUT2D eigenvalue weighted by molar-refractivity contribution is 7.12. The number of nitrogens with two attached hydrogens (primary N) is 1. The highest BCUT2D eigenvalue weighted by Crippen LogP contribution is 2.45. The number of H-pyrrole nitrogens is 1. The number of hydrogen-bond acceptors (Lipinski definition) is 6. The highest BCUT2D eigenvalue weighted by atomic mass is 35.5. The van der Waals surface area contributed by atoms with Gasteiger partial charge in [-0.3, -0.25) is 14.0 Å². The largest absolute Gasteiger partial charge is 0.492 e. The van der Waals surface area contributed by atoms with Crippen molar-refractivity contribution in [1.29, 1.82) is 0 Å². The molecule has 2 aliphatic rings. The summed E-state index contributed by atoms with van der Waals surface area (Å²) in [6, 6.07) is 4.11. The van der Waals surface area contributed by atoms with Gasteiger partial charge in [-0.15, -0.1) is 12.4 Å². The van der Waals surface area contributed by atoms with E-state index >= 15 is 0 Å². The van der Waals surface area contributed by atoms with Gasteiger partial charge >= 0.3 is 0 Å². The molecule has 3 aromatic rings. The van der Waals surface area contributed by atoms with Gasteiger partial charge in [0.2, 0.25) is 5.43 Å². The lowest BCUT2D eigenvalue weighted by Crippen LogP contribution is -2.42. The summed E-state index contributed by atoms with van der Waals surface area (Å²) in [5.41, 5.74) is 7.39. The van der Waals surface area contributed by atoms with E-state index in [4.69, 9.17) is 10.5 Å². The zero-order valence-corrected chi connectivity index (χ0v) is 19.0. The molecule has 1 unspecified atom stereocenters. The summed E-state index contributed by atoms with van der Waals surface area (Å²) in [5.74, 6) is 1.11. The minimum Gasteiger partial charge on any atom is -0.492 e. The van der Waals surface area contributed by atoms with Crippen molar-refractivity contribution in [2.75, 3.05) is 25.1 Å². The number of aromatic amines is 1. The normalized spacial score (nSPS) is 19.5. The Morgan fingerprint density at radius 1 is 1.23 bits per heavy atom. The van der Waals surface area contributed by atoms with E-state index in [1.54, 1.807) is 7.11 Å². The molecule has 2 aromatic heterocycles. The molecule has 30 heavy (non-hydrogen) atoms. The van der Waals surface area contributed by atoms with Crippen LogP contribution in [0.4, 0.5) is 5.69 Å². The number of benzene rings is 1. The predicted octanol–water partition coefficient (Wildman–Crippen LogP) is 3.23. The summed E-state index contributed by atoms with van der Waals surface area (Å²) in [6.45, 7) is 5.92. The third-order valence-corrected chi connectivity index (χ3v) is 7.30. The van der Waals surface area contributed by atoms with Crippen LogP contribution >= 0.6 is 23.9 Å². The second kappa shape index (κ2) is 7.28. The average Bonchev–Trinajstić information content (AvgIpc) is 3.23. The van der Waals surface area contributed by atoms with Gasteiger partial charge in [-0.2, -0.15) is 0 Å². The molecule has 2 fully saturated rings. The van der Waals surface area contributed by atoms with Crippen LogP contribution in [-0.2, 0) is 0 Å². The van der Waals surface area contributed by atoms with Crippen molar-refractivity contribution in [3.63, 3.8) is 0 Å². The van der Waals surface area contributed by atoms with E-state index < -0.39 is 0 Å². The number of ether oxygens (including phenoxy) is 1. The molecule has 1 aliphatic carbocycles. The predicted molar refractivity (Wildman–Crippen MR) is 125 cm³/mol. The maximum absolute atomic E-state index is 13.1. The Hall–Kier alpha value is -2.03. The summed E-state index contributed by atoms with van der Waals surface area (Å²) in [6.07, 6.45) is 3.11. The fourth-order valence-corrected chi connectivity index (χ4v) is 5.52. The van der Waals surface area contributed by atoms with Crippen molar-refractivity contribution in [1.82, 2.24) is 8.94 Å². The third-order valence-electron chi connectivity index (χ3n) is 6.42. The number of hydrogen-bond donors (Lipinski definition) is 2. The summed E-state index contributed by atoms with van der Waals surface area (Å²) in [5, 5.41) is 0.805. The van der Waals surface area contributed by atoms with Gasteiger partial charge in [0.05, 0.1) is 23.7 Å². The zero-order valence-electron chi connectivity index (χ0n) is 17.4. The van der Waals surface area contributed by atoms with Crippen molar-refractivity contribution in [2.45, 2.75) is 44.7 Å². The fourth-order valence-electron chi connectivity index (χ4n) is 4.60. The molecule has 1 saturated heterocycles. The van der Waals surface area contributed by atoms with Crippen molar-refractivity contribution >= 4 is 50.7 Å². The molecule has 0 bridgehead atoms. The van der Waals surface area contributed by atoms with Gasteiger partial charge in [0.1, 0.15) is 10.2 Å². The summed E-state index contributed by atoms with van der Waals surface area (Å²) in [4.78, 5) is 28.5. The molecule has 162 valence electrons. The number of methoxy groups -OCH3 is 1. The van der Waals surface area contributed by atoms with Crippen molar-refractivity contribution < 1.29 is 4.74 Å². The van der Waals surface area contributed by atoms with Crippen molar-refractivity contribution in [3.05, 3.63) is 32.7 Å². The molecule has 0 spiro atoms. The monoisotopic (exact) mass is 450 g/mol. The highest BCUT2D eigenvalue weighted by Gasteiger charge is 2.35. The minimum absolute atomic E-state index is 0. The van der Waals surface area contributed by atoms with Gasteiger partial charge in [-0.05, 0) is 62.7 Å². The number of pyridine rings is 1. The molecule has 0 radical (unpaired) electrons. The van der Waals surface area contributed by atoms with Gasteiger partial charge in [0, 0.05) is 24.7 Å². The van der Waals surface area contributed by atoms with Crippen LogP contribution in [0.1, 0.15) is 39.2 Å². The minimum atomic E-state index is -0.304. The molecular formula is C21H27ClN4O3S. The number of aromatic nitrogens is 2. The lowest BCUT2D eigenvalue weighted by Gasteiger charge is -2.28. The molecule has 9 heteroatoms. The van der Waals surface area contributed by atoms with Gasteiger partial charge in [-0.1, -0.05) is 0 Å². The smallest absolute Gasteiger partial charge is 0.271 e. The molecule has 5 rings (SSSR count). The van der Waals surface area contributed by atoms with E-state index in [2.05, 4.69) is 27.7 Å². The fraction of sp³-hybridized carbons (Fsp3) is 0.524. The number of nitrogens with one attached hydrogen (secondary N) is 1. The van der Waals surface area contributed by atoms with Crippen LogP contribution < -0.4 is 26.4 Å². The maximum atomic E-state index is 13.1. The van der Waals surface area contributed by atoms with Crippen LogP contribution in [0.15, 0.2) is 21.7 Å². The summed E-state index contributed by atoms with van der Waals surface area (Å²) >= 11 is 1.24. The average molecular weight is 451 g/mol. The first kappa shape index (κ1) is 21.2. The molecule has 3 heterocycles. The Morgan fingerprint density at radius 3 is 2.57 bits per heavy atom. The third kappa shape index (κ3) is 3.13. The van der Waals surface area contributed by atoms with Crippen LogP contribution in [0.25, 0.3) is 21.1 Å². The van der Waals surface area contributed by atoms with Crippen LogP contribution in [-0.4, -0.2) is 34.7 Å². The summed E-state index contributed by atoms with van der Waals surface area (Å²) in [7, 11) is 1.66. The number of halogens is 1. The van der Waals surface area contributed by atoms with E-state index in [9.17, 15) is 9.59 Å². The quantitative estimate of drug-likeness (QED) is 0.636. The Bertz CT molecular complexity index is 1240. The first-order valence-corrected chi connectivity index (χ1v) is 10.9. The van der Waals surface area contributed by atoms with Gasteiger partial charge in [-0.25, -0.2) is 0 Å². The van der Waals surface area contributed by atoms with E-state index in [1.165, 1.54) is 11.5 Å². The topological polar surface area (TPSA) is 93.3 Å². The van der Waals surface area contributed by atoms with Crippen LogP contribution in [0.3, 0.4) is 0 Å². The molecule has 1 aromatic carbocycles. The molecule has 3 N–H and O–H groups in total. The first-order chi connectivity index (χ1) is 13.8. The van der Waals surface area contributed by atoms with E-state index in [0.29, 0.717) is 27.9 Å². The van der Waals surface area contributed by atoms with E-state index in [1.807, 2.05) is 12.1 Å². The standard InChI is InChI=1S/C21H26N4O3S.ClH/c1-21(2,22)11-8-9-24(10-11)14-7-6-13-16(18(14)28-3)25(12-4-5-12)20-15(17(13)26)19(27)23-29-20;/h6-7,11-12H,4-5,8-10,22H2,1-3H3,(H,23,27);1H. The molecular weight excluding hydrogens is 424 g/mol. The van der Waals surface area contributed by atoms with E-state index in [-0.39, 0.29) is 34.3 Å². The van der Waals surface area contributed by atoms with Gasteiger partial charge in [0.15, 0.2) is 5.75 Å². The second-order valence-corrected chi connectivity index (χ2v) is 9.71. The van der Waals surface area contributed by atoms with Crippen LogP contribution in [0.5, 0.6) is 5.75 Å². The lowest BCUT2D eigenvalue weighted by atomic mass is 9.88. The SMILES string of the molecule is COc1c(N2CCC(C(C)(C)N)C2)ccc2c(=O)c3c(=O)[nH]sc3n(C3CC3)c12.Cl.